The minimum atomic E-state index is 0.0200. The second-order valence-corrected chi connectivity index (χ2v) is 8.15. The minimum absolute atomic E-state index is 0.0200. The van der Waals surface area contributed by atoms with Gasteiger partial charge in [0, 0.05) is 24.6 Å². The number of anilines is 2. The number of nitrogens with zero attached hydrogens (tertiary/aromatic N) is 5. The van der Waals surface area contributed by atoms with Crippen LogP contribution in [0, 0.1) is 6.92 Å². The predicted octanol–water partition coefficient (Wildman–Crippen LogP) is 4.38. The van der Waals surface area contributed by atoms with Crippen LogP contribution in [0.3, 0.4) is 0 Å². The molecule has 4 aromatic rings. The summed E-state index contributed by atoms with van der Waals surface area (Å²) in [6.07, 6.45) is 6.58. The van der Waals surface area contributed by atoms with E-state index in [1.54, 1.807) is 24.9 Å². The van der Waals surface area contributed by atoms with Crippen LogP contribution < -0.4 is 14.8 Å². The highest BCUT2D eigenvalue weighted by Gasteiger charge is 2.14. The van der Waals surface area contributed by atoms with E-state index in [1.165, 1.54) is 0 Å². The van der Waals surface area contributed by atoms with Crippen molar-refractivity contribution in [1.82, 2.24) is 24.8 Å². The van der Waals surface area contributed by atoms with E-state index in [9.17, 15) is 0 Å². The van der Waals surface area contributed by atoms with Gasteiger partial charge in [0.25, 0.3) is 0 Å². The van der Waals surface area contributed by atoms with Gasteiger partial charge in [-0.15, -0.1) is 0 Å². The molecule has 33 heavy (non-hydrogen) atoms. The summed E-state index contributed by atoms with van der Waals surface area (Å²) in [6, 6.07) is 11.8. The topological polar surface area (TPSA) is 85.3 Å². The van der Waals surface area contributed by atoms with Crippen LogP contribution in [0.1, 0.15) is 18.2 Å². The normalized spacial score (nSPS) is 12.0. The van der Waals surface area contributed by atoms with Gasteiger partial charge in [-0.1, -0.05) is 6.07 Å². The maximum absolute atomic E-state index is 6.24. The van der Waals surface area contributed by atoms with Crippen molar-refractivity contribution in [3.8, 4) is 11.5 Å². The molecule has 0 aliphatic rings. The Balaban J connectivity index is 1.55. The van der Waals surface area contributed by atoms with Gasteiger partial charge in [-0.05, 0) is 63.8 Å². The lowest BCUT2D eigenvalue weighted by Crippen LogP contribution is -2.28. The Kier molecular flexibility index (Phi) is 6.95. The molecule has 0 aliphatic heterocycles. The van der Waals surface area contributed by atoms with Gasteiger partial charge in [0.15, 0.2) is 0 Å². The van der Waals surface area contributed by atoms with Gasteiger partial charge >= 0.3 is 0 Å². The minimum Gasteiger partial charge on any atom is -0.489 e. The Labute approximate surface area is 193 Å². The number of aromatic nitrogens is 4. The maximum atomic E-state index is 6.24. The number of hydrogen-bond donors (Lipinski definition) is 1. The third-order valence-corrected chi connectivity index (χ3v) is 5.00. The second-order valence-electron chi connectivity index (χ2n) is 8.15. The average molecular weight is 445 g/mol. The summed E-state index contributed by atoms with van der Waals surface area (Å²) in [4.78, 5) is 19.3. The van der Waals surface area contributed by atoms with E-state index in [0.717, 1.165) is 45.9 Å². The van der Waals surface area contributed by atoms with E-state index < -0.39 is 0 Å². The third kappa shape index (κ3) is 5.72. The van der Waals surface area contributed by atoms with Gasteiger partial charge in [-0.2, -0.15) is 0 Å². The zero-order chi connectivity index (χ0) is 23.2. The molecule has 0 fully saturated rings. The molecule has 4 rings (SSSR count). The molecule has 2 heterocycles. The molecule has 2 aromatic carbocycles. The summed E-state index contributed by atoms with van der Waals surface area (Å²) in [5.74, 6) is 2.24. The molecule has 0 spiro atoms. The summed E-state index contributed by atoms with van der Waals surface area (Å²) in [5, 5.41) is 4.28. The summed E-state index contributed by atoms with van der Waals surface area (Å²) < 4.78 is 12.2. The Morgan fingerprint density at radius 1 is 1.03 bits per heavy atom. The summed E-state index contributed by atoms with van der Waals surface area (Å²) in [5.41, 5.74) is 3.50. The lowest BCUT2D eigenvalue weighted by molar-refractivity contribution is 0.179. The summed E-state index contributed by atoms with van der Waals surface area (Å²) in [7, 11) is 4.06. The molecule has 0 bridgehead atoms. The molecule has 8 heteroatoms. The zero-order valence-electron chi connectivity index (χ0n) is 19.3. The van der Waals surface area contributed by atoms with Crippen molar-refractivity contribution in [3.05, 3.63) is 72.6 Å². The predicted molar refractivity (Wildman–Crippen MR) is 129 cm³/mol. The Morgan fingerprint density at radius 3 is 2.67 bits per heavy atom. The number of likely N-dealkylation sites (N-methyl/N-ethyl adjacent to an activating group) is 1. The second kappa shape index (κ2) is 10.2. The van der Waals surface area contributed by atoms with Crippen LogP contribution in [-0.4, -0.2) is 51.6 Å². The molecule has 0 saturated heterocycles. The van der Waals surface area contributed by atoms with Crippen molar-refractivity contribution in [2.24, 2.45) is 0 Å². The average Bonchev–Trinajstić information content (AvgIpc) is 2.79. The molecular formula is C25H28N6O2. The lowest BCUT2D eigenvalue weighted by atomic mass is 10.1. The highest BCUT2D eigenvalue weighted by Crippen LogP contribution is 2.33. The summed E-state index contributed by atoms with van der Waals surface area (Å²) in [6.45, 7) is 5.23. The van der Waals surface area contributed by atoms with Crippen LogP contribution in [0.15, 0.2) is 61.3 Å². The van der Waals surface area contributed by atoms with Crippen LogP contribution in [-0.2, 0) is 6.61 Å². The highest BCUT2D eigenvalue weighted by atomic mass is 16.5. The van der Waals surface area contributed by atoms with Crippen LogP contribution in [0.25, 0.3) is 10.9 Å². The first-order valence-corrected chi connectivity index (χ1v) is 10.8. The zero-order valence-corrected chi connectivity index (χ0v) is 19.3. The first-order valence-electron chi connectivity index (χ1n) is 10.8. The van der Waals surface area contributed by atoms with Gasteiger partial charge in [0.05, 0.1) is 22.8 Å². The maximum Gasteiger partial charge on any atom is 0.145 e. The summed E-state index contributed by atoms with van der Waals surface area (Å²) >= 11 is 0. The molecule has 1 N–H and O–H groups in total. The SMILES string of the molecule is Cc1cc(Nc2ncnc3cccc(O[C@@H](C)CN(C)C)c23)ccc1OCc1cnccn1. The van der Waals surface area contributed by atoms with Crippen LogP contribution in [0.4, 0.5) is 11.5 Å². The molecule has 170 valence electrons. The number of hydrogen-bond acceptors (Lipinski definition) is 8. The van der Waals surface area contributed by atoms with Gasteiger partial charge in [0.1, 0.15) is 36.4 Å². The monoisotopic (exact) mass is 444 g/mol. The number of benzene rings is 2. The van der Waals surface area contributed by atoms with Gasteiger partial charge < -0.3 is 19.7 Å². The molecule has 0 radical (unpaired) electrons. The molecule has 0 aliphatic carbocycles. The number of aryl methyl sites for hydroxylation is 1. The fourth-order valence-electron chi connectivity index (χ4n) is 3.62. The lowest BCUT2D eigenvalue weighted by Gasteiger charge is -2.20. The Morgan fingerprint density at radius 2 is 1.91 bits per heavy atom. The van der Waals surface area contributed by atoms with Crippen molar-refractivity contribution in [2.75, 3.05) is 26.0 Å². The van der Waals surface area contributed by atoms with E-state index in [-0.39, 0.29) is 6.10 Å². The molecule has 2 aromatic heterocycles. The molecule has 0 saturated carbocycles. The van der Waals surface area contributed by atoms with Gasteiger partial charge in [-0.3, -0.25) is 9.97 Å². The first-order chi connectivity index (χ1) is 16.0. The van der Waals surface area contributed by atoms with E-state index in [1.807, 2.05) is 57.4 Å². The van der Waals surface area contributed by atoms with Crippen LogP contribution >= 0.6 is 0 Å². The van der Waals surface area contributed by atoms with Gasteiger partial charge in [0.2, 0.25) is 0 Å². The standard InChI is InChI=1S/C25H28N6O2/c1-17-12-19(8-9-22(17)32-15-20-13-26-10-11-27-20)30-25-24-21(28-16-29-25)6-5-7-23(24)33-18(2)14-31(3)4/h5-13,16,18H,14-15H2,1-4H3,(H,28,29,30)/t18-/m0/s1. The quantitative estimate of drug-likeness (QED) is 0.407. The van der Waals surface area contributed by atoms with E-state index in [2.05, 4.69) is 37.1 Å². The molecule has 0 amide bonds. The first kappa shape index (κ1) is 22.4. The smallest absolute Gasteiger partial charge is 0.145 e. The number of ether oxygens (including phenoxy) is 2. The van der Waals surface area contributed by atoms with Gasteiger partial charge in [-0.25, -0.2) is 9.97 Å². The largest absolute Gasteiger partial charge is 0.489 e. The fraction of sp³-hybridized carbons (Fsp3) is 0.280. The molecule has 8 nitrogen and oxygen atoms in total. The van der Waals surface area contributed by atoms with E-state index in [4.69, 9.17) is 9.47 Å². The number of nitrogens with one attached hydrogen (secondary N) is 1. The van der Waals surface area contributed by atoms with E-state index in [0.29, 0.717) is 12.4 Å². The van der Waals surface area contributed by atoms with Crippen LogP contribution in [0.2, 0.25) is 0 Å². The molecular weight excluding hydrogens is 416 g/mol. The third-order valence-electron chi connectivity index (χ3n) is 5.00. The van der Waals surface area contributed by atoms with Crippen molar-refractivity contribution in [3.63, 3.8) is 0 Å². The number of fused-ring (bicyclic) bond motifs is 1. The van der Waals surface area contributed by atoms with Crippen molar-refractivity contribution >= 4 is 22.4 Å². The van der Waals surface area contributed by atoms with Crippen molar-refractivity contribution < 1.29 is 9.47 Å². The Hall–Kier alpha value is -3.78. The fourth-order valence-corrected chi connectivity index (χ4v) is 3.62. The van der Waals surface area contributed by atoms with Crippen molar-refractivity contribution in [1.29, 1.82) is 0 Å². The van der Waals surface area contributed by atoms with Crippen LogP contribution in [0.5, 0.6) is 11.5 Å². The highest BCUT2D eigenvalue weighted by molar-refractivity contribution is 5.95. The molecule has 1 atom stereocenters. The van der Waals surface area contributed by atoms with E-state index >= 15 is 0 Å². The number of rotatable bonds is 9. The van der Waals surface area contributed by atoms with Crippen molar-refractivity contribution in [2.45, 2.75) is 26.6 Å². The Bertz CT molecular complexity index is 1210. The molecule has 0 unspecified atom stereocenters.